The van der Waals surface area contributed by atoms with Crippen LogP contribution >= 0.6 is 0 Å². The van der Waals surface area contributed by atoms with Crippen molar-refractivity contribution in [3.63, 3.8) is 0 Å². The zero-order valence-corrected chi connectivity index (χ0v) is 30.7. The molecule has 43 heavy (non-hydrogen) atoms. The van der Waals surface area contributed by atoms with E-state index in [1.54, 1.807) is 0 Å². The van der Waals surface area contributed by atoms with Gasteiger partial charge >= 0.3 is 17.1 Å². The van der Waals surface area contributed by atoms with Gasteiger partial charge in [-0.3, -0.25) is 9.98 Å². The van der Waals surface area contributed by atoms with Crippen molar-refractivity contribution in [1.29, 1.82) is 0 Å². The van der Waals surface area contributed by atoms with E-state index in [-0.39, 0.29) is 41.9 Å². The standard InChI is InChI=1S/C37H51N3.2ClH.Fe/c1-22(2)28-16-32(24(5)6)36(33(17-28)25(7)8)38-20-30-14-13-15-31(40-30)21-39-37-34(26(9)10)18-29(23(3)4)19-35(37)27(11)12;;;/h13-27H,1-12H3;2*1H;/q;;;+2/p-2. The maximum atomic E-state index is 5.05. The molecule has 0 radical (unpaired) electrons. The third kappa shape index (κ3) is 10.6. The van der Waals surface area contributed by atoms with E-state index < -0.39 is 0 Å². The van der Waals surface area contributed by atoms with Crippen LogP contribution in [0.4, 0.5) is 11.4 Å². The van der Waals surface area contributed by atoms with Crippen molar-refractivity contribution >= 4 is 23.8 Å². The molecule has 0 atom stereocenters. The molecule has 0 amide bonds. The molecule has 0 bridgehead atoms. The number of aromatic nitrogens is 1. The van der Waals surface area contributed by atoms with Gasteiger partial charge in [0, 0.05) is 0 Å². The molecule has 1 heterocycles. The van der Waals surface area contributed by atoms with Crippen LogP contribution in [0, 0.1) is 0 Å². The number of halogens is 2. The Morgan fingerprint density at radius 3 is 1.00 bits per heavy atom. The average Bonchev–Trinajstić information content (AvgIpc) is 2.89. The molecule has 0 unspecified atom stereocenters. The van der Waals surface area contributed by atoms with Gasteiger partial charge in [-0.2, -0.15) is 0 Å². The number of benzene rings is 2. The first-order valence-corrected chi connectivity index (χ1v) is 15.2. The molecule has 0 spiro atoms. The van der Waals surface area contributed by atoms with E-state index in [0.29, 0.717) is 35.5 Å². The zero-order chi connectivity index (χ0) is 29.7. The molecule has 3 rings (SSSR count). The summed E-state index contributed by atoms with van der Waals surface area (Å²) in [5.74, 6) is 2.54. The van der Waals surface area contributed by atoms with Crippen LogP contribution in [-0.4, -0.2) is 17.4 Å². The van der Waals surface area contributed by atoms with Crippen molar-refractivity contribution in [1.82, 2.24) is 4.98 Å². The Morgan fingerprint density at radius 2 is 0.767 bits per heavy atom. The molecule has 0 aliphatic rings. The molecule has 6 heteroatoms. The summed E-state index contributed by atoms with van der Waals surface area (Å²) in [6.07, 6.45) is 3.83. The van der Waals surface area contributed by atoms with Crippen LogP contribution in [0.1, 0.15) is 163 Å². The van der Waals surface area contributed by atoms with Crippen LogP contribution in [0.15, 0.2) is 52.4 Å². The van der Waals surface area contributed by atoms with Crippen molar-refractivity contribution in [2.45, 2.75) is 119 Å². The molecule has 0 aliphatic heterocycles. The summed E-state index contributed by atoms with van der Waals surface area (Å²) in [4.78, 5) is 15.0. The van der Waals surface area contributed by atoms with Gasteiger partial charge in [0.05, 0.1) is 35.2 Å². The molecular weight excluding hydrogens is 613 g/mol. The summed E-state index contributed by atoms with van der Waals surface area (Å²) in [6.45, 7) is 27.1. The van der Waals surface area contributed by atoms with Crippen molar-refractivity contribution in [3.8, 4) is 0 Å². The second-order valence-electron chi connectivity index (χ2n) is 13.0. The van der Waals surface area contributed by atoms with Crippen molar-refractivity contribution in [2.24, 2.45) is 9.98 Å². The Hall–Kier alpha value is -1.97. The van der Waals surface area contributed by atoms with Gasteiger partial charge in [-0.15, -0.1) is 0 Å². The van der Waals surface area contributed by atoms with Gasteiger partial charge in [0.25, 0.3) is 0 Å². The van der Waals surface area contributed by atoms with E-state index in [1.165, 1.54) is 33.4 Å². The number of nitrogens with zero attached hydrogens (tertiary/aromatic N) is 3. The molecule has 3 aromatic rings. The van der Waals surface area contributed by atoms with Crippen LogP contribution < -0.4 is 24.8 Å². The maximum Gasteiger partial charge on any atom is 2.00 e. The predicted octanol–water partition coefficient (Wildman–Crippen LogP) is 5.33. The molecule has 0 saturated heterocycles. The summed E-state index contributed by atoms with van der Waals surface area (Å²) in [6, 6.07) is 15.4. The fourth-order valence-electron chi connectivity index (χ4n) is 5.01. The van der Waals surface area contributed by atoms with Crippen molar-refractivity contribution in [3.05, 3.63) is 87.2 Å². The van der Waals surface area contributed by atoms with Gasteiger partial charge in [0.2, 0.25) is 0 Å². The van der Waals surface area contributed by atoms with E-state index in [2.05, 4.69) is 107 Å². The Morgan fingerprint density at radius 1 is 0.488 bits per heavy atom. The third-order valence-electron chi connectivity index (χ3n) is 7.65. The van der Waals surface area contributed by atoms with Crippen LogP contribution in [0.3, 0.4) is 0 Å². The van der Waals surface area contributed by atoms with E-state index in [0.717, 1.165) is 22.8 Å². The zero-order valence-electron chi connectivity index (χ0n) is 28.1. The number of rotatable bonds is 10. The number of hydrogen-bond donors (Lipinski definition) is 0. The quantitative estimate of drug-likeness (QED) is 0.214. The largest absolute Gasteiger partial charge is 2.00 e. The minimum Gasteiger partial charge on any atom is -1.00 e. The fraction of sp³-hybridized carbons (Fsp3) is 0.486. The van der Waals surface area contributed by atoms with Crippen LogP contribution in [-0.2, 0) is 17.1 Å². The van der Waals surface area contributed by atoms with E-state index >= 15 is 0 Å². The number of pyridine rings is 1. The summed E-state index contributed by atoms with van der Waals surface area (Å²) in [5, 5.41) is 0. The van der Waals surface area contributed by atoms with Gasteiger partial charge in [0.15, 0.2) is 0 Å². The van der Waals surface area contributed by atoms with Crippen LogP contribution in [0.2, 0.25) is 0 Å². The Labute approximate surface area is 285 Å². The minimum atomic E-state index is 0. The van der Waals surface area contributed by atoms with Gasteiger partial charge in [-0.1, -0.05) is 113 Å². The predicted molar refractivity (Wildman–Crippen MR) is 176 cm³/mol. The topological polar surface area (TPSA) is 37.6 Å². The van der Waals surface area contributed by atoms with Gasteiger partial charge in [-0.25, -0.2) is 4.98 Å². The van der Waals surface area contributed by atoms with Crippen molar-refractivity contribution < 1.29 is 41.9 Å². The smallest absolute Gasteiger partial charge is 1.00 e. The van der Waals surface area contributed by atoms with Crippen LogP contribution in [0.5, 0.6) is 0 Å². The molecule has 236 valence electrons. The van der Waals surface area contributed by atoms with Crippen molar-refractivity contribution in [2.75, 3.05) is 0 Å². The summed E-state index contributed by atoms with van der Waals surface area (Å²) in [5.41, 5.74) is 11.8. The maximum absolute atomic E-state index is 5.05. The Balaban J connectivity index is 0.00000588. The minimum absolute atomic E-state index is 0. The summed E-state index contributed by atoms with van der Waals surface area (Å²) >= 11 is 0. The number of hydrogen-bond acceptors (Lipinski definition) is 3. The molecule has 2 aromatic carbocycles. The molecule has 0 aliphatic carbocycles. The molecule has 1 aromatic heterocycles. The molecule has 0 fully saturated rings. The van der Waals surface area contributed by atoms with E-state index in [9.17, 15) is 0 Å². The second kappa shape index (κ2) is 18.1. The number of aliphatic imine (C=N–C) groups is 2. The normalized spacial score (nSPS) is 11.8. The Bertz CT molecular complexity index is 1210. The first kappa shape index (κ1) is 41.0. The van der Waals surface area contributed by atoms with E-state index in [4.69, 9.17) is 15.0 Å². The SMILES string of the molecule is CC(C)c1cc(C(C)C)c(N=Cc2cccc(C=Nc3c(C(C)C)cc(C(C)C)cc3C(C)C)n2)c(C(C)C)c1.[Cl-].[Cl-].[Fe+2]. The summed E-state index contributed by atoms with van der Waals surface area (Å²) in [7, 11) is 0. The molecule has 0 saturated carbocycles. The Kier molecular flexibility index (Phi) is 17.3. The monoisotopic (exact) mass is 663 g/mol. The fourth-order valence-corrected chi connectivity index (χ4v) is 5.01. The van der Waals surface area contributed by atoms with Gasteiger partial charge in [0.1, 0.15) is 0 Å². The third-order valence-corrected chi connectivity index (χ3v) is 7.65. The first-order valence-electron chi connectivity index (χ1n) is 15.2. The first-order chi connectivity index (χ1) is 18.8. The summed E-state index contributed by atoms with van der Waals surface area (Å²) < 4.78 is 0. The molecule has 3 nitrogen and oxygen atoms in total. The van der Waals surface area contributed by atoms with E-state index in [1.807, 2.05) is 30.6 Å². The van der Waals surface area contributed by atoms with Gasteiger partial charge < -0.3 is 24.8 Å². The molecular formula is C37H51Cl2FeN3. The molecule has 0 N–H and O–H groups in total. The average molecular weight is 665 g/mol. The van der Waals surface area contributed by atoms with Crippen LogP contribution in [0.25, 0.3) is 0 Å². The second-order valence-corrected chi connectivity index (χ2v) is 13.0. The van der Waals surface area contributed by atoms with Gasteiger partial charge in [-0.05, 0) is 81.0 Å².